The van der Waals surface area contributed by atoms with Gasteiger partial charge in [-0.1, -0.05) is 37.3 Å². The third-order valence-electron chi connectivity index (χ3n) is 6.12. The number of para-hydroxylation sites is 1. The van der Waals surface area contributed by atoms with Crippen molar-refractivity contribution >= 4 is 45.3 Å². The predicted octanol–water partition coefficient (Wildman–Crippen LogP) is 5.41. The first kappa shape index (κ1) is 23.7. The molecule has 2 heterocycles. The van der Waals surface area contributed by atoms with Crippen molar-refractivity contribution < 1.29 is 28.3 Å². The van der Waals surface area contributed by atoms with Gasteiger partial charge in [0.05, 0.1) is 17.7 Å². The second kappa shape index (κ2) is 9.94. The van der Waals surface area contributed by atoms with E-state index in [1.54, 1.807) is 32.0 Å². The quantitative estimate of drug-likeness (QED) is 0.336. The average Bonchev–Trinajstić information content (AvgIpc) is 3.51. The predicted molar refractivity (Wildman–Crippen MR) is 135 cm³/mol. The van der Waals surface area contributed by atoms with Crippen LogP contribution in [0.3, 0.4) is 0 Å². The fourth-order valence-corrected chi connectivity index (χ4v) is 5.71. The fraction of sp³-hybridized carbons (Fsp3) is 0.259. The number of hydrogen-bond donors (Lipinski definition) is 1. The van der Waals surface area contributed by atoms with Gasteiger partial charge in [-0.2, -0.15) is 0 Å². The molecule has 9 heteroatoms. The van der Waals surface area contributed by atoms with Crippen molar-refractivity contribution in [2.45, 2.75) is 39.2 Å². The van der Waals surface area contributed by atoms with Crippen LogP contribution in [0, 0.1) is 0 Å². The van der Waals surface area contributed by atoms with Gasteiger partial charge in [-0.3, -0.25) is 4.79 Å². The van der Waals surface area contributed by atoms with Crippen LogP contribution in [0.4, 0.5) is 5.00 Å². The monoisotopic (exact) mass is 504 g/mol. The summed E-state index contributed by atoms with van der Waals surface area (Å²) in [5.74, 6) is -1.68. The number of ether oxygens (including phenoxy) is 2. The van der Waals surface area contributed by atoms with Crippen molar-refractivity contribution in [1.82, 2.24) is 4.98 Å². The molecule has 0 saturated heterocycles. The number of benzene rings is 2. The molecule has 1 atom stereocenters. The molecule has 5 rings (SSSR count). The van der Waals surface area contributed by atoms with Crippen molar-refractivity contribution in [1.29, 1.82) is 0 Å². The Morgan fingerprint density at radius 2 is 1.92 bits per heavy atom. The minimum atomic E-state index is -1.07. The number of amides is 1. The van der Waals surface area contributed by atoms with Crippen LogP contribution in [0.15, 0.2) is 53.3 Å². The number of aryl methyl sites for hydroxylation is 1. The van der Waals surface area contributed by atoms with Gasteiger partial charge in [0.15, 0.2) is 18.1 Å². The van der Waals surface area contributed by atoms with Gasteiger partial charge in [-0.05, 0) is 55.0 Å². The van der Waals surface area contributed by atoms with E-state index in [9.17, 15) is 14.4 Å². The molecular weight excluding hydrogens is 480 g/mol. The summed E-state index contributed by atoms with van der Waals surface area (Å²) in [5.41, 5.74) is 4.51. The summed E-state index contributed by atoms with van der Waals surface area (Å²) in [5, 5.41) is 3.24. The molecule has 0 spiro atoms. The SMILES string of the molecule is CCOC(=O)c1c(NC(=O)C(CC)OC(=O)c2cccc3ocnc23)sc2c1CCc1ccccc1-2. The lowest BCUT2D eigenvalue weighted by Gasteiger charge is -2.17. The Kier molecular flexibility index (Phi) is 6.56. The van der Waals surface area contributed by atoms with E-state index in [0.717, 1.165) is 22.4 Å². The van der Waals surface area contributed by atoms with Crippen LogP contribution < -0.4 is 5.32 Å². The van der Waals surface area contributed by atoms with Gasteiger partial charge in [0.25, 0.3) is 5.91 Å². The number of esters is 2. The first-order chi connectivity index (χ1) is 17.5. The topological polar surface area (TPSA) is 108 Å². The Bertz CT molecular complexity index is 1470. The summed E-state index contributed by atoms with van der Waals surface area (Å²) in [6.45, 7) is 3.71. The molecule has 0 bridgehead atoms. The highest BCUT2D eigenvalue weighted by atomic mass is 32.1. The lowest BCUT2D eigenvalue weighted by molar-refractivity contribution is -0.124. The highest BCUT2D eigenvalue weighted by molar-refractivity contribution is 7.20. The Hall–Kier alpha value is -3.98. The summed E-state index contributed by atoms with van der Waals surface area (Å²) < 4.78 is 16.1. The molecule has 1 unspecified atom stereocenters. The first-order valence-corrected chi connectivity index (χ1v) is 12.6. The molecular formula is C27H24N2O6S. The number of carbonyl (C=O) groups excluding carboxylic acids is 3. The maximum Gasteiger partial charge on any atom is 0.341 e. The molecule has 1 aliphatic rings. The average molecular weight is 505 g/mol. The van der Waals surface area contributed by atoms with Crippen LogP contribution in [0.5, 0.6) is 0 Å². The zero-order valence-corrected chi connectivity index (χ0v) is 20.6. The zero-order chi connectivity index (χ0) is 25.2. The molecule has 184 valence electrons. The smallest absolute Gasteiger partial charge is 0.341 e. The maximum atomic E-state index is 13.2. The number of aromatic nitrogens is 1. The van der Waals surface area contributed by atoms with Crippen molar-refractivity contribution in [2.24, 2.45) is 0 Å². The Morgan fingerprint density at radius 1 is 1.08 bits per heavy atom. The molecule has 0 fully saturated rings. The molecule has 8 nitrogen and oxygen atoms in total. The van der Waals surface area contributed by atoms with Gasteiger partial charge in [0.1, 0.15) is 10.5 Å². The standard InChI is InChI=1S/C27H24N2O6S/c1-3-19(35-26(31)18-10-7-11-20-22(18)28-14-34-20)24(30)29-25-21(27(32)33-4-2)17-13-12-15-8-5-6-9-16(15)23(17)36-25/h5-11,14,19H,3-4,12-13H2,1-2H3,(H,29,30). The normalized spacial score (nSPS) is 12.9. The summed E-state index contributed by atoms with van der Waals surface area (Å²) in [6, 6.07) is 13.0. The molecule has 1 N–H and O–H groups in total. The number of carbonyl (C=O) groups is 3. The molecule has 4 aromatic rings. The molecule has 0 aliphatic heterocycles. The second-order valence-corrected chi connectivity index (χ2v) is 9.31. The minimum Gasteiger partial charge on any atom is -0.462 e. The first-order valence-electron chi connectivity index (χ1n) is 11.8. The molecule has 2 aromatic carbocycles. The number of anilines is 1. The van der Waals surface area contributed by atoms with Gasteiger partial charge in [0, 0.05) is 4.88 Å². The largest absolute Gasteiger partial charge is 0.462 e. The Balaban J connectivity index is 1.43. The minimum absolute atomic E-state index is 0.211. The van der Waals surface area contributed by atoms with Crippen LogP contribution in [0.2, 0.25) is 0 Å². The number of oxazole rings is 1. The molecule has 2 aromatic heterocycles. The number of nitrogens with one attached hydrogen (secondary N) is 1. The van der Waals surface area contributed by atoms with Gasteiger partial charge in [0.2, 0.25) is 0 Å². The number of rotatable bonds is 7. The van der Waals surface area contributed by atoms with Crippen LogP contribution in [0.25, 0.3) is 21.5 Å². The summed E-state index contributed by atoms with van der Waals surface area (Å²) in [7, 11) is 0. The third kappa shape index (κ3) is 4.26. The number of nitrogens with zero attached hydrogens (tertiary/aromatic N) is 1. The molecule has 36 heavy (non-hydrogen) atoms. The molecule has 0 saturated carbocycles. The van der Waals surface area contributed by atoms with E-state index < -0.39 is 23.9 Å². The molecule has 1 amide bonds. The van der Waals surface area contributed by atoms with Crippen LogP contribution in [-0.2, 0) is 27.1 Å². The Labute approximate surface area is 211 Å². The van der Waals surface area contributed by atoms with Crippen molar-refractivity contribution in [3.8, 4) is 10.4 Å². The highest BCUT2D eigenvalue weighted by Gasteiger charge is 2.31. The van der Waals surface area contributed by atoms with E-state index in [2.05, 4.69) is 16.4 Å². The van der Waals surface area contributed by atoms with E-state index in [-0.39, 0.29) is 18.6 Å². The number of fused-ring (bicyclic) bond motifs is 4. The van der Waals surface area contributed by atoms with Gasteiger partial charge in [-0.15, -0.1) is 11.3 Å². The van der Waals surface area contributed by atoms with Gasteiger partial charge < -0.3 is 19.2 Å². The van der Waals surface area contributed by atoms with E-state index in [1.807, 2.05) is 18.2 Å². The fourth-order valence-electron chi connectivity index (χ4n) is 4.41. The van der Waals surface area contributed by atoms with E-state index in [4.69, 9.17) is 13.9 Å². The van der Waals surface area contributed by atoms with Crippen molar-refractivity contribution in [3.63, 3.8) is 0 Å². The van der Waals surface area contributed by atoms with Crippen LogP contribution >= 0.6 is 11.3 Å². The summed E-state index contributed by atoms with van der Waals surface area (Å²) in [4.78, 5) is 44.1. The van der Waals surface area contributed by atoms with Crippen LogP contribution in [0.1, 0.15) is 52.1 Å². The van der Waals surface area contributed by atoms with E-state index in [1.165, 1.54) is 23.3 Å². The van der Waals surface area contributed by atoms with E-state index in [0.29, 0.717) is 28.1 Å². The number of thiophene rings is 1. The van der Waals surface area contributed by atoms with Crippen molar-refractivity contribution in [3.05, 3.63) is 71.1 Å². The molecule has 0 radical (unpaired) electrons. The van der Waals surface area contributed by atoms with Gasteiger partial charge in [-0.25, -0.2) is 14.6 Å². The third-order valence-corrected chi connectivity index (χ3v) is 7.30. The van der Waals surface area contributed by atoms with Gasteiger partial charge >= 0.3 is 11.9 Å². The lowest BCUT2D eigenvalue weighted by Crippen LogP contribution is -2.32. The lowest BCUT2D eigenvalue weighted by atomic mass is 9.89. The highest BCUT2D eigenvalue weighted by Crippen LogP contribution is 2.45. The van der Waals surface area contributed by atoms with Crippen molar-refractivity contribution in [2.75, 3.05) is 11.9 Å². The summed E-state index contributed by atoms with van der Waals surface area (Å²) >= 11 is 1.34. The summed E-state index contributed by atoms with van der Waals surface area (Å²) in [6.07, 6.45) is 1.89. The number of hydrogen-bond acceptors (Lipinski definition) is 8. The zero-order valence-electron chi connectivity index (χ0n) is 19.8. The van der Waals surface area contributed by atoms with Crippen LogP contribution in [-0.4, -0.2) is 35.5 Å². The maximum absolute atomic E-state index is 13.2. The molecule has 1 aliphatic carbocycles. The Morgan fingerprint density at radius 3 is 2.72 bits per heavy atom. The second-order valence-electron chi connectivity index (χ2n) is 8.29. The van der Waals surface area contributed by atoms with E-state index >= 15 is 0 Å².